The van der Waals surface area contributed by atoms with Crippen LogP contribution in [0.5, 0.6) is 5.75 Å². The van der Waals surface area contributed by atoms with Gasteiger partial charge in [-0.05, 0) is 18.6 Å². The van der Waals surface area contributed by atoms with E-state index in [2.05, 4.69) is 5.10 Å². The Hall–Kier alpha value is -3.17. The first-order chi connectivity index (χ1) is 10.4. The standard InChI is InChI=1S/C12H14N4O6/c13-12(19)15-14-7-8-6-9(3-4-10(8)16(20)21)22-5-1-2-11(17)18/h3-4,6-7H,1-2,5H2,(H,17,18)(H3,13,15,19). The summed E-state index contributed by atoms with van der Waals surface area (Å²) < 4.78 is 5.30. The van der Waals surface area contributed by atoms with Crippen molar-refractivity contribution in [2.24, 2.45) is 10.8 Å². The zero-order valence-corrected chi connectivity index (χ0v) is 11.4. The molecule has 0 bridgehead atoms. The summed E-state index contributed by atoms with van der Waals surface area (Å²) in [7, 11) is 0. The van der Waals surface area contributed by atoms with Gasteiger partial charge in [0.1, 0.15) is 5.75 Å². The molecule has 0 radical (unpaired) electrons. The molecule has 0 aliphatic heterocycles. The van der Waals surface area contributed by atoms with Crippen molar-refractivity contribution < 1.29 is 24.4 Å². The van der Waals surface area contributed by atoms with Crippen molar-refractivity contribution in [3.05, 3.63) is 33.9 Å². The van der Waals surface area contributed by atoms with Gasteiger partial charge >= 0.3 is 12.0 Å². The van der Waals surface area contributed by atoms with Crippen molar-refractivity contribution in [2.45, 2.75) is 12.8 Å². The van der Waals surface area contributed by atoms with E-state index in [0.29, 0.717) is 12.2 Å². The Kier molecular flexibility index (Phi) is 6.29. The third-order valence-electron chi connectivity index (χ3n) is 2.38. The van der Waals surface area contributed by atoms with E-state index in [1.54, 1.807) is 0 Å². The Labute approximate surface area is 124 Å². The molecule has 0 aliphatic carbocycles. The molecule has 4 N–H and O–H groups in total. The second-order valence-electron chi connectivity index (χ2n) is 4.06. The first kappa shape index (κ1) is 16.9. The fraction of sp³-hybridized carbons (Fsp3) is 0.250. The van der Waals surface area contributed by atoms with Crippen molar-refractivity contribution in [2.75, 3.05) is 6.61 Å². The van der Waals surface area contributed by atoms with E-state index in [-0.39, 0.29) is 24.3 Å². The number of hydrogen-bond donors (Lipinski definition) is 3. The van der Waals surface area contributed by atoms with Crippen molar-refractivity contribution >= 4 is 23.9 Å². The van der Waals surface area contributed by atoms with Crippen LogP contribution >= 0.6 is 0 Å². The summed E-state index contributed by atoms with van der Waals surface area (Å²) in [6.07, 6.45) is 1.33. The number of nitro groups is 1. The van der Waals surface area contributed by atoms with Gasteiger partial charge in [0.25, 0.3) is 5.69 Å². The number of nitrogens with two attached hydrogens (primary N) is 1. The minimum atomic E-state index is -0.933. The highest BCUT2D eigenvalue weighted by molar-refractivity contribution is 5.86. The second-order valence-corrected chi connectivity index (χ2v) is 4.06. The van der Waals surface area contributed by atoms with Gasteiger partial charge in [-0.3, -0.25) is 14.9 Å². The lowest BCUT2D eigenvalue weighted by atomic mass is 10.2. The first-order valence-corrected chi connectivity index (χ1v) is 6.11. The van der Waals surface area contributed by atoms with Crippen molar-refractivity contribution in [1.82, 2.24) is 5.43 Å². The van der Waals surface area contributed by atoms with Crippen LogP contribution in [0.3, 0.4) is 0 Å². The van der Waals surface area contributed by atoms with Gasteiger partial charge in [-0.1, -0.05) is 0 Å². The highest BCUT2D eigenvalue weighted by atomic mass is 16.6. The van der Waals surface area contributed by atoms with Crippen LogP contribution < -0.4 is 15.9 Å². The molecule has 0 aromatic heterocycles. The fourth-order valence-corrected chi connectivity index (χ4v) is 1.47. The third kappa shape index (κ3) is 5.86. The van der Waals surface area contributed by atoms with Crippen LogP contribution in [0.2, 0.25) is 0 Å². The third-order valence-corrected chi connectivity index (χ3v) is 2.38. The molecule has 0 saturated heterocycles. The number of amides is 2. The summed E-state index contributed by atoms with van der Waals surface area (Å²) in [6.45, 7) is 0.153. The summed E-state index contributed by atoms with van der Waals surface area (Å²) in [4.78, 5) is 31.1. The molecular formula is C12H14N4O6. The van der Waals surface area contributed by atoms with Crippen molar-refractivity contribution in [3.8, 4) is 5.75 Å². The van der Waals surface area contributed by atoms with Gasteiger partial charge in [0.15, 0.2) is 0 Å². The molecule has 10 nitrogen and oxygen atoms in total. The molecule has 1 aromatic carbocycles. The van der Waals surface area contributed by atoms with E-state index in [1.807, 2.05) is 5.43 Å². The summed E-state index contributed by atoms with van der Waals surface area (Å²) >= 11 is 0. The molecule has 118 valence electrons. The maximum atomic E-state index is 10.9. The molecule has 0 heterocycles. The minimum Gasteiger partial charge on any atom is -0.494 e. The summed E-state index contributed by atoms with van der Waals surface area (Å²) in [5, 5.41) is 22.9. The number of primary amides is 1. The minimum absolute atomic E-state index is 0.0379. The van der Waals surface area contributed by atoms with E-state index in [9.17, 15) is 19.7 Å². The number of carboxylic acids is 1. The van der Waals surface area contributed by atoms with Gasteiger partial charge in [-0.25, -0.2) is 10.2 Å². The monoisotopic (exact) mass is 310 g/mol. The molecule has 10 heteroatoms. The molecule has 0 unspecified atom stereocenters. The molecule has 0 aliphatic rings. The summed E-state index contributed by atoms with van der Waals surface area (Å²) in [5.41, 5.74) is 6.62. The highest BCUT2D eigenvalue weighted by Crippen LogP contribution is 2.22. The molecule has 1 aromatic rings. The van der Waals surface area contributed by atoms with Gasteiger partial charge in [-0.2, -0.15) is 5.10 Å². The number of aliphatic carboxylic acids is 1. The van der Waals surface area contributed by atoms with Gasteiger partial charge in [0.2, 0.25) is 0 Å². The number of carbonyl (C=O) groups is 2. The number of carboxylic acid groups (broad SMARTS) is 1. The highest BCUT2D eigenvalue weighted by Gasteiger charge is 2.13. The van der Waals surface area contributed by atoms with Crippen LogP contribution in [-0.4, -0.2) is 34.9 Å². The lowest BCUT2D eigenvalue weighted by Crippen LogP contribution is -2.24. The lowest BCUT2D eigenvalue weighted by molar-refractivity contribution is -0.385. The molecular weight excluding hydrogens is 296 g/mol. The van der Waals surface area contributed by atoms with E-state index in [0.717, 1.165) is 6.21 Å². The van der Waals surface area contributed by atoms with E-state index in [1.165, 1.54) is 18.2 Å². The lowest BCUT2D eigenvalue weighted by Gasteiger charge is -2.06. The molecule has 2 amide bonds. The van der Waals surface area contributed by atoms with E-state index < -0.39 is 16.9 Å². The average Bonchev–Trinajstić information content (AvgIpc) is 2.43. The largest absolute Gasteiger partial charge is 0.494 e. The predicted octanol–water partition coefficient (Wildman–Crippen LogP) is 0.841. The number of rotatable bonds is 8. The Morgan fingerprint density at radius 1 is 1.50 bits per heavy atom. The van der Waals surface area contributed by atoms with Crippen LogP contribution in [0.15, 0.2) is 23.3 Å². The number of benzene rings is 1. The summed E-state index contributed by atoms with van der Waals surface area (Å²) in [5.74, 6) is -0.617. The zero-order chi connectivity index (χ0) is 16.5. The number of hydrogen-bond acceptors (Lipinski definition) is 6. The Bertz CT molecular complexity index is 601. The van der Waals surface area contributed by atoms with Crippen LogP contribution in [0, 0.1) is 10.1 Å². The normalized spacial score (nSPS) is 10.4. The molecule has 0 saturated carbocycles. The molecule has 0 spiro atoms. The quantitative estimate of drug-likeness (QED) is 0.279. The van der Waals surface area contributed by atoms with Gasteiger partial charge < -0.3 is 15.6 Å². The number of carbonyl (C=O) groups excluding carboxylic acids is 1. The zero-order valence-electron chi connectivity index (χ0n) is 11.4. The van der Waals surface area contributed by atoms with Crippen LogP contribution in [-0.2, 0) is 4.79 Å². The van der Waals surface area contributed by atoms with Crippen molar-refractivity contribution in [3.63, 3.8) is 0 Å². The van der Waals surface area contributed by atoms with Crippen LogP contribution in [0.1, 0.15) is 18.4 Å². The smallest absolute Gasteiger partial charge is 0.332 e. The Morgan fingerprint density at radius 2 is 2.23 bits per heavy atom. The molecule has 0 fully saturated rings. The Balaban J connectivity index is 2.80. The fourth-order valence-electron chi connectivity index (χ4n) is 1.47. The SMILES string of the molecule is NC(=O)NN=Cc1cc(OCCCC(=O)O)ccc1[N+](=O)[O-]. The Morgan fingerprint density at radius 3 is 2.82 bits per heavy atom. The first-order valence-electron chi connectivity index (χ1n) is 6.11. The number of hydrazone groups is 1. The van der Waals surface area contributed by atoms with E-state index >= 15 is 0 Å². The number of ether oxygens (including phenoxy) is 1. The van der Waals surface area contributed by atoms with Crippen molar-refractivity contribution in [1.29, 1.82) is 0 Å². The number of urea groups is 1. The molecule has 1 rings (SSSR count). The predicted molar refractivity (Wildman–Crippen MR) is 75.8 cm³/mol. The molecule has 0 atom stereocenters. The number of nitrogens with one attached hydrogen (secondary N) is 1. The van der Waals surface area contributed by atoms with Crippen LogP contribution in [0.25, 0.3) is 0 Å². The maximum absolute atomic E-state index is 10.9. The van der Waals surface area contributed by atoms with E-state index in [4.69, 9.17) is 15.6 Å². The molecule has 22 heavy (non-hydrogen) atoms. The average molecular weight is 310 g/mol. The second kappa shape index (κ2) is 8.19. The topological polar surface area (TPSA) is 157 Å². The number of nitrogens with zero attached hydrogens (tertiary/aromatic N) is 2. The maximum Gasteiger partial charge on any atom is 0.332 e. The van der Waals surface area contributed by atoms with Gasteiger partial charge in [0, 0.05) is 12.5 Å². The summed E-state index contributed by atoms with van der Waals surface area (Å²) in [6, 6.07) is 3.06. The number of nitro benzene ring substituents is 1. The van der Waals surface area contributed by atoms with Crippen LogP contribution in [0.4, 0.5) is 10.5 Å². The van der Waals surface area contributed by atoms with Gasteiger partial charge in [-0.15, -0.1) is 0 Å². The van der Waals surface area contributed by atoms with Gasteiger partial charge in [0.05, 0.1) is 23.3 Å².